The fraction of sp³-hybridized carbons (Fsp3) is 0.429. The van der Waals surface area contributed by atoms with Gasteiger partial charge in [0.15, 0.2) is 0 Å². The maximum Gasteiger partial charge on any atom is 0.241 e. The first-order valence-electron chi connectivity index (χ1n) is 6.68. The van der Waals surface area contributed by atoms with Crippen LogP contribution >= 0.6 is 0 Å². The van der Waals surface area contributed by atoms with E-state index in [9.17, 15) is 4.39 Å². The van der Waals surface area contributed by atoms with E-state index in [1.54, 1.807) is 12.1 Å². The van der Waals surface area contributed by atoms with Crippen LogP contribution in [-0.4, -0.2) is 34.2 Å². The second kappa shape index (κ2) is 5.30. The summed E-state index contributed by atoms with van der Waals surface area (Å²) in [6.45, 7) is 4.53. The Morgan fingerprint density at radius 2 is 2.10 bits per heavy atom. The van der Waals surface area contributed by atoms with E-state index in [0.717, 1.165) is 18.7 Å². The van der Waals surface area contributed by atoms with Crippen molar-refractivity contribution in [2.75, 3.05) is 13.1 Å². The summed E-state index contributed by atoms with van der Waals surface area (Å²) in [7, 11) is 0. The number of nitrogens with two attached hydrogens (primary N) is 1. The molecule has 106 valence electrons. The molecule has 20 heavy (non-hydrogen) atoms. The molecule has 1 aromatic carbocycles. The van der Waals surface area contributed by atoms with Gasteiger partial charge < -0.3 is 10.3 Å². The Kier molecular flexibility index (Phi) is 3.50. The largest absolute Gasteiger partial charge is 0.338 e. The monoisotopic (exact) mass is 276 g/mol. The number of nitrogens with zero attached hydrogens (tertiary/aromatic N) is 3. The van der Waals surface area contributed by atoms with Crippen LogP contribution in [0.1, 0.15) is 12.8 Å². The zero-order valence-electron chi connectivity index (χ0n) is 11.3. The van der Waals surface area contributed by atoms with Gasteiger partial charge in [0.1, 0.15) is 5.82 Å². The van der Waals surface area contributed by atoms with Crippen molar-refractivity contribution in [3.8, 4) is 11.4 Å². The minimum absolute atomic E-state index is 0.203. The van der Waals surface area contributed by atoms with Crippen LogP contribution in [-0.2, 0) is 6.54 Å². The van der Waals surface area contributed by atoms with Crippen LogP contribution in [0.5, 0.6) is 0 Å². The van der Waals surface area contributed by atoms with Gasteiger partial charge in [-0.2, -0.15) is 4.98 Å². The third kappa shape index (κ3) is 2.71. The lowest BCUT2D eigenvalue weighted by Gasteiger charge is -2.11. The number of benzene rings is 1. The number of aromatic nitrogens is 2. The van der Waals surface area contributed by atoms with Crippen LogP contribution < -0.4 is 5.73 Å². The molecule has 1 fully saturated rings. The average molecular weight is 276 g/mol. The highest BCUT2D eigenvalue weighted by molar-refractivity contribution is 5.53. The summed E-state index contributed by atoms with van der Waals surface area (Å²) in [6.07, 6.45) is 0. The van der Waals surface area contributed by atoms with Crippen molar-refractivity contribution in [3.05, 3.63) is 36.0 Å². The minimum Gasteiger partial charge on any atom is -0.338 e. The van der Waals surface area contributed by atoms with Gasteiger partial charge in [-0.1, -0.05) is 12.1 Å². The van der Waals surface area contributed by atoms with Crippen molar-refractivity contribution in [1.82, 2.24) is 15.0 Å². The van der Waals surface area contributed by atoms with E-state index < -0.39 is 0 Å². The van der Waals surface area contributed by atoms with Gasteiger partial charge in [-0.3, -0.25) is 4.90 Å². The Bertz CT molecular complexity index is 573. The van der Waals surface area contributed by atoms with Gasteiger partial charge in [-0.05, 0) is 30.2 Å². The fourth-order valence-electron chi connectivity index (χ4n) is 2.45. The highest BCUT2D eigenvalue weighted by atomic mass is 19.1. The Balaban J connectivity index is 1.69. The molecule has 2 heterocycles. The predicted octanol–water partition coefficient (Wildman–Crippen LogP) is 1.65. The molecule has 1 saturated heterocycles. The summed E-state index contributed by atoms with van der Waals surface area (Å²) in [5.74, 6) is 1.24. The molecule has 0 spiro atoms. The summed E-state index contributed by atoms with van der Waals surface area (Å²) < 4.78 is 18.1. The van der Waals surface area contributed by atoms with Crippen LogP contribution in [0.4, 0.5) is 4.39 Å². The second-order valence-corrected chi connectivity index (χ2v) is 5.35. The first kappa shape index (κ1) is 13.2. The van der Waals surface area contributed by atoms with Crippen LogP contribution in [0.3, 0.4) is 0 Å². The molecule has 1 aromatic heterocycles. The van der Waals surface area contributed by atoms with Gasteiger partial charge in [-0.25, -0.2) is 4.39 Å². The summed E-state index contributed by atoms with van der Waals surface area (Å²) >= 11 is 0. The molecule has 2 aromatic rings. The van der Waals surface area contributed by atoms with Crippen molar-refractivity contribution < 1.29 is 8.91 Å². The third-order valence-electron chi connectivity index (χ3n) is 3.68. The lowest BCUT2D eigenvalue weighted by molar-refractivity contribution is 0.261. The van der Waals surface area contributed by atoms with Gasteiger partial charge in [0.25, 0.3) is 0 Å². The van der Waals surface area contributed by atoms with Crippen LogP contribution in [0.15, 0.2) is 28.8 Å². The highest BCUT2D eigenvalue weighted by Gasteiger charge is 2.27. The summed E-state index contributed by atoms with van der Waals surface area (Å²) in [5.41, 5.74) is 6.73. The zero-order valence-corrected chi connectivity index (χ0v) is 11.3. The van der Waals surface area contributed by atoms with Crippen molar-refractivity contribution in [2.24, 2.45) is 11.7 Å². The maximum atomic E-state index is 12.9. The summed E-state index contributed by atoms with van der Waals surface area (Å²) in [6, 6.07) is 6.24. The lowest BCUT2D eigenvalue weighted by Crippen LogP contribution is -2.28. The van der Waals surface area contributed by atoms with Gasteiger partial charge >= 0.3 is 0 Å². The molecule has 1 aliphatic heterocycles. The van der Waals surface area contributed by atoms with Crippen molar-refractivity contribution in [2.45, 2.75) is 19.5 Å². The molecule has 2 atom stereocenters. The third-order valence-corrected chi connectivity index (χ3v) is 3.68. The van der Waals surface area contributed by atoms with Crippen LogP contribution in [0.2, 0.25) is 0 Å². The number of rotatable bonds is 3. The van der Waals surface area contributed by atoms with Gasteiger partial charge in [-0.15, -0.1) is 0 Å². The van der Waals surface area contributed by atoms with Crippen molar-refractivity contribution >= 4 is 0 Å². The molecule has 0 saturated carbocycles. The van der Waals surface area contributed by atoms with Crippen LogP contribution in [0, 0.1) is 11.7 Å². The smallest absolute Gasteiger partial charge is 0.241 e. The molecule has 3 rings (SSSR count). The SMILES string of the molecule is CC1CN(Cc2nc(-c3ccc(F)cc3)no2)CC1N. The molecule has 1 aliphatic rings. The molecule has 5 nitrogen and oxygen atoms in total. The predicted molar refractivity (Wildman–Crippen MR) is 72.1 cm³/mol. The van der Waals surface area contributed by atoms with Gasteiger partial charge in [0, 0.05) is 24.7 Å². The van der Waals surface area contributed by atoms with E-state index in [-0.39, 0.29) is 11.9 Å². The van der Waals surface area contributed by atoms with E-state index in [2.05, 4.69) is 22.0 Å². The highest BCUT2D eigenvalue weighted by Crippen LogP contribution is 2.19. The number of hydrogen-bond acceptors (Lipinski definition) is 5. The summed E-state index contributed by atoms with van der Waals surface area (Å²) in [5, 5.41) is 3.93. The number of likely N-dealkylation sites (tertiary alicyclic amines) is 1. The zero-order chi connectivity index (χ0) is 14.1. The Hall–Kier alpha value is -1.79. The minimum atomic E-state index is -0.280. The Morgan fingerprint density at radius 1 is 1.35 bits per heavy atom. The lowest BCUT2D eigenvalue weighted by atomic mass is 10.1. The Morgan fingerprint density at radius 3 is 2.75 bits per heavy atom. The average Bonchev–Trinajstić information content (AvgIpc) is 2.99. The second-order valence-electron chi connectivity index (χ2n) is 5.35. The molecular weight excluding hydrogens is 259 g/mol. The van der Waals surface area contributed by atoms with Gasteiger partial charge in [0.05, 0.1) is 6.54 Å². The summed E-state index contributed by atoms with van der Waals surface area (Å²) in [4.78, 5) is 6.55. The quantitative estimate of drug-likeness (QED) is 0.923. The number of hydrogen-bond donors (Lipinski definition) is 1. The van der Waals surface area contributed by atoms with E-state index in [1.807, 2.05) is 0 Å². The van der Waals surface area contributed by atoms with Gasteiger partial charge in [0.2, 0.25) is 11.7 Å². The van der Waals surface area contributed by atoms with Crippen LogP contribution in [0.25, 0.3) is 11.4 Å². The fourth-order valence-corrected chi connectivity index (χ4v) is 2.45. The molecule has 0 bridgehead atoms. The van der Waals surface area contributed by atoms with E-state index in [1.165, 1.54) is 12.1 Å². The Labute approximate surface area is 116 Å². The van der Waals surface area contributed by atoms with E-state index in [4.69, 9.17) is 10.3 Å². The first-order chi connectivity index (χ1) is 9.61. The topological polar surface area (TPSA) is 68.2 Å². The van der Waals surface area contributed by atoms with Crippen molar-refractivity contribution in [1.29, 1.82) is 0 Å². The molecule has 0 aliphatic carbocycles. The molecule has 0 amide bonds. The first-order valence-corrected chi connectivity index (χ1v) is 6.68. The molecule has 0 radical (unpaired) electrons. The molecular formula is C14H17FN4O. The number of halogens is 1. The standard InChI is InChI=1S/C14H17FN4O/c1-9-6-19(7-12(9)16)8-13-17-14(18-20-13)10-2-4-11(15)5-3-10/h2-5,9,12H,6-8,16H2,1H3. The molecule has 2 N–H and O–H groups in total. The normalized spacial score (nSPS) is 23.4. The maximum absolute atomic E-state index is 12.9. The molecule has 6 heteroatoms. The molecule has 2 unspecified atom stereocenters. The van der Waals surface area contributed by atoms with Crippen molar-refractivity contribution in [3.63, 3.8) is 0 Å². The van der Waals surface area contributed by atoms with E-state index in [0.29, 0.717) is 24.2 Å². The van der Waals surface area contributed by atoms with E-state index >= 15 is 0 Å².